The first-order chi connectivity index (χ1) is 14.5. The van der Waals surface area contributed by atoms with Gasteiger partial charge in [-0.2, -0.15) is 0 Å². The van der Waals surface area contributed by atoms with Gasteiger partial charge in [0.05, 0.1) is 25.3 Å². The van der Waals surface area contributed by atoms with Crippen LogP contribution >= 0.6 is 22.7 Å². The predicted octanol–water partition coefficient (Wildman–Crippen LogP) is 4.03. The third-order valence-electron chi connectivity index (χ3n) is 4.93. The topological polar surface area (TPSA) is 88.6 Å². The zero-order chi connectivity index (χ0) is 21.3. The third kappa shape index (κ3) is 3.86. The van der Waals surface area contributed by atoms with Crippen LogP contribution in [-0.2, 0) is 14.3 Å². The van der Waals surface area contributed by atoms with Gasteiger partial charge in [0.15, 0.2) is 5.13 Å². The highest BCUT2D eigenvalue weighted by Crippen LogP contribution is 2.43. The van der Waals surface area contributed by atoms with Crippen LogP contribution in [0.3, 0.4) is 0 Å². The second kappa shape index (κ2) is 8.37. The molecule has 3 aromatic rings. The van der Waals surface area contributed by atoms with E-state index >= 15 is 0 Å². The lowest BCUT2D eigenvalue weighted by Crippen LogP contribution is -2.31. The molecule has 0 spiro atoms. The van der Waals surface area contributed by atoms with Gasteiger partial charge in [-0.05, 0) is 30.5 Å². The van der Waals surface area contributed by atoms with Gasteiger partial charge in [0, 0.05) is 17.0 Å². The first-order valence-corrected chi connectivity index (χ1v) is 10.9. The van der Waals surface area contributed by atoms with Crippen LogP contribution < -0.4 is 10.2 Å². The number of nitrogens with one attached hydrogen (secondary N) is 1. The summed E-state index contributed by atoms with van der Waals surface area (Å²) in [7, 11) is 1.29. The van der Waals surface area contributed by atoms with E-state index < -0.39 is 17.9 Å². The highest BCUT2D eigenvalue weighted by molar-refractivity contribution is 7.17. The summed E-state index contributed by atoms with van der Waals surface area (Å²) >= 11 is 2.55. The molecule has 154 valence electrons. The Kier molecular flexibility index (Phi) is 5.65. The molecule has 0 radical (unpaired) electrons. The van der Waals surface area contributed by atoms with Crippen molar-refractivity contribution in [3.63, 3.8) is 0 Å². The number of hydrogen-bond donors (Lipinski definition) is 1. The maximum absolute atomic E-state index is 13.1. The van der Waals surface area contributed by atoms with Crippen LogP contribution in [0, 0.1) is 12.8 Å². The molecule has 1 N–H and O–H groups in total. The minimum absolute atomic E-state index is 0.0948. The maximum Gasteiger partial charge on any atom is 0.349 e. The summed E-state index contributed by atoms with van der Waals surface area (Å²) in [5.41, 5.74) is 1.86. The van der Waals surface area contributed by atoms with Crippen molar-refractivity contribution in [3.05, 3.63) is 63.3 Å². The van der Waals surface area contributed by atoms with Crippen LogP contribution in [0.25, 0.3) is 0 Å². The Morgan fingerprint density at radius 1 is 1.23 bits per heavy atom. The number of nitrogens with zero attached hydrogens (tertiary/aromatic N) is 2. The summed E-state index contributed by atoms with van der Waals surface area (Å²) in [6, 6.07) is 11.1. The molecule has 1 aliphatic heterocycles. The van der Waals surface area contributed by atoms with E-state index in [-0.39, 0.29) is 18.2 Å². The molecule has 2 atom stereocenters. The lowest BCUT2D eigenvalue weighted by molar-refractivity contribution is -0.122. The SMILES string of the molecule is COC(=O)c1cnc(NC(=O)C2CC(=O)N(c3ccc(C)cc3)C2c2cccs2)s1. The number of aromatic nitrogens is 1. The molecule has 30 heavy (non-hydrogen) atoms. The first-order valence-electron chi connectivity index (χ1n) is 9.25. The number of aryl methyl sites for hydroxylation is 1. The van der Waals surface area contributed by atoms with Crippen LogP contribution in [0.2, 0.25) is 0 Å². The Morgan fingerprint density at radius 2 is 2.00 bits per heavy atom. The molecule has 1 saturated heterocycles. The molecule has 1 aliphatic rings. The van der Waals surface area contributed by atoms with Gasteiger partial charge in [0.2, 0.25) is 11.8 Å². The van der Waals surface area contributed by atoms with Crippen molar-refractivity contribution in [2.75, 3.05) is 17.3 Å². The average Bonchev–Trinajstić information content (AvgIpc) is 3.48. The fraction of sp³-hybridized carbons (Fsp3) is 0.238. The van der Waals surface area contributed by atoms with Crippen molar-refractivity contribution in [3.8, 4) is 0 Å². The van der Waals surface area contributed by atoms with Gasteiger partial charge < -0.3 is 15.0 Å². The number of methoxy groups -OCH3 is 1. The molecule has 0 saturated carbocycles. The summed E-state index contributed by atoms with van der Waals surface area (Å²) < 4.78 is 4.67. The second-order valence-electron chi connectivity index (χ2n) is 6.88. The smallest absolute Gasteiger partial charge is 0.349 e. The molecule has 3 heterocycles. The summed E-state index contributed by atoms with van der Waals surface area (Å²) in [5.74, 6) is -1.50. The molecule has 0 bridgehead atoms. The van der Waals surface area contributed by atoms with Crippen molar-refractivity contribution < 1.29 is 19.1 Å². The Bertz CT molecular complexity index is 1080. The molecule has 2 amide bonds. The molecule has 4 rings (SSSR count). The Balaban J connectivity index is 1.62. The van der Waals surface area contributed by atoms with E-state index in [0.29, 0.717) is 10.0 Å². The van der Waals surface area contributed by atoms with Crippen molar-refractivity contribution in [1.82, 2.24) is 4.98 Å². The quantitative estimate of drug-likeness (QED) is 0.604. The number of benzene rings is 1. The number of amides is 2. The maximum atomic E-state index is 13.1. The van der Waals surface area contributed by atoms with Gasteiger partial charge in [-0.1, -0.05) is 35.1 Å². The molecule has 7 nitrogen and oxygen atoms in total. The predicted molar refractivity (Wildman–Crippen MR) is 116 cm³/mol. The van der Waals surface area contributed by atoms with Crippen molar-refractivity contribution in [1.29, 1.82) is 0 Å². The highest BCUT2D eigenvalue weighted by atomic mass is 32.1. The molecule has 0 aliphatic carbocycles. The standard InChI is InChI=1S/C21H19N3O4S2/c1-12-5-7-13(8-6-12)24-17(25)10-14(18(24)15-4-3-9-29-15)19(26)23-21-22-11-16(30-21)20(27)28-2/h3-9,11,14,18H,10H2,1-2H3,(H,22,23,26). The number of ether oxygens (including phenoxy) is 1. The molecule has 2 unspecified atom stereocenters. The first kappa shape index (κ1) is 20.2. The number of thiophene rings is 1. The molecular formula is C21H19N3O4S2. The molecule has 1 fully saturated rings. The average molecular weight is 442 g/mol. The summed E-state index contributed by atoms with van der Waals surface area (Å²) in [5, 5.41) is 5.00. The number of carbonyl (C=O) groups is 3. The fourth-order valence-corrected chi connectivity index (χ4v) is 5.11. The minimum atomic E-state index is -0.581. The van der Waals surface area contributed by atoms with Crippen LogP contribution in [0.1, 0.15) is 32.6 Å². The van der Waals surface area contributed by atoms with E-state index in [1.165, 1.54) is 24.6 Å². The zero-order valence-electron chi connectivity index (χ0n) is 16.3. The van der Waals surface area contributed by atoms with E-state index in [0.717, 1.165) is 27.5 Å². The lowest BCUT2D eigenvalue weighted by atomic mass is 9.97. The van der Waals surface area contributed by atoms with Crippen LogP contribution in [-0.4, -0.2) is 29.9 Å². The van der Waals surface area contributed by atoms with Gasteiger partial charge in [0.25, 0.3) is 0 Å². The van der Waals surface area contributed by atoms with E-state index in [9.17, 15) is 14.4 Å². The van der Waals surface area contributed by atoms with Crippen LogP contribution in [0.15, 0.2) is 48.0 Å². The summed E-state index contributed by atoms with van der Waals surface area (Å²) in [4.78, 5) is 44.7. The van der Waals surface area contributed by atoms with Gasteiger partial charge in [-0.15, -0.1) is 11.3 Å². The van der Waals surface area contributed by atoms with Gasteiger partial charge in [0.1, 0.15) is 4.88 Å². The van der Waals surface area contributed by atoms with Gasteiger partial charge >= 0.3 is 5.97 Å². The van der Waals surface area contributed by atoms with Gasteiger partial charge in [-0.3, -0.25) is 9.59 Å². The number of hydrogen-bond acceptors (Lipinski definition) is 7. The largest absolute Gasteiger partial charge is 0.465 e. The zero-order valence-corrected chi connectivity index (χ0v) is 18.0. The monoisotopic (exact) mass is 441 g/mol. The van der Waals surface area contributed by atoms with Crippen LogP contribution in [0.4, 0.5) is 10.8 Å². The lowest BCUT2D eigenvalue weighted by Gasteiger charge is -2.27. The third-order valence-corrected chi connectivity index (χ3v) is 6.76. The molecule has 2 aromatic heterocycles. The number of rotatable bonds is 5. The minimum Gasteiger partial charge on any atom is -0.465 e. The number of thiazole rings is 1. The summed E-state index contributed by atoms with van der Waals surface area (Å²) in [6.07, 6.45) is 1.46. The number of esters is 1. The Labute approximate surface area is 181 Å². The van der Waals surface area contributed by atoms with Crippen molar-refractivity contribution in [2.24, 2.45) is 5.92 Å². The highest BCUT2D eigenvalue weighted by Gasteiger charge is 2.46. The van der Waals surface area contributed by atoms with Gasteiger partial charge in [-0.25, -0.2) is 9.78 Å². The number of anilines is 2. The van der Waals surface area contributed by atoms with Crippen molar-refractivity contribution in [2.45, 2.75) is 19.4 Å². The molecule has 1 aromatic carbocycles. The Hall–Kier alpha value is -3.04. The van der Waals surface area contributed by atoms with E-state index in [1.807, 2.05) is 48.7 Å². The normalized spacial score (nSPS) is 18.5. The number of carbonyl (C=O) groups excluding carboxylic acids is 3. The van der Waals surface area contributed by atoms with Crippen molar-refractivity contribution >= 4 is 51.3 Å². The van der Waals surface area contributed by atoms with E-state index in [1.54, 1.807) is 4.90 Å². The van der Waals surface area contributed by atoms with E-state index in [4.69, 9.17) is 0 Å². The second-order valence-corrected chi connectivity index (χ2v) is 8.89. The van der Waals surface area contributed by atoms with E-state index in [2.05, 4.69) is 15.0 Å². The Morgan fingerprint density at radius 3 is 2.67 bits per heavy atom. The fourth-order valence-electron chi connectivity index (χ4n) is 3.49. The van der Waals surface area contributed by atoms with Crippen LogP contribution in [0.5, 0.6) is 0 Å². The molecule has 9 heteroatoms. The summed E-state index contributed by atoms with van der Waals surface area (Å²) in [6.45, 7) is 1.99. The molecular weight excluding hydrogens is 422 g/mol.